The van der Waals surface area contributed by atoms with Crippen LogP contribution in [0.5, 0.6) is 0 Å². The Bertz CT molecular complexity index is 3170. The lowest BCUT2D eigenvalue weighted by atomic mass is 9.94. The van der Waals surface area contributed by atoms with E-state index in [1.807, 2.05) is 42.5 Å². The Hall–Kier alpha value is -6.85. The van der Waals surface area contributed by atoms with Crippen molar-refractivity contribution >= 4 is 76.2 Å². The van der Waals surface area contributed by atoms with E-state index in [2.05, 4.69) is 109 Å². The molecule has 0 radical (unpaired) electrons. The summed E-state index contributed by atoms with van der Waals surface area (Å²) >= 11 is 0. The molecule has 5 heteroatoms. The summed E-state index contributed by atoms with van der Waals surface area (Å²) in [7, 11) is 0. The van der Waals surface area contributed by atoms with Crippen LogP contribution in [0.2, 0.25) is 0 Å². The average molecular weight is 640 g/mol. The van der Waals surface area contributed by atoms with Crippen LogP contribution in [0.15, 0.2) is 160 Å². The fourth-order valence-electron chi connectivity index (χ4n) is 7.70. The Labute approximate surface area is 285 Å². The molecule has 0 bridgehead atoms. The fourth-order valence-corrected chi connectivity index (χ4v) is 7.70. The van der Waals surface area contributed by atoms with Gasteiger partial charge in [-0.25, -0.2) is 15.0 Å². The molecular formula is C45H25N3O2. The SMILES string of the molecule is c1ccc2c(-c3nc(-c4cc5oc6ccccc6c5c5c4ccc4ccccc45)nc(-c4cccc5oc6ccccc6c45)n3)cccc2c1. The van der Waals surface area contributed by atoms with E-state index in [4.69, 9.17) is 23.8 Å². The molecule has 0 saturated carbocycles. The monoisotopic (exact) mass is 639 g/mol. The van der Waals surface area contributed by atoms with Gasteiger partial charge in [-0.05, 0) is 51.2 Å². The molecule has 0 fully saturated rings. The van der Waals surface area contributed by atoms with E-state index in [0.717, 1.165) is 92.9 Å². The van der Waals surface area contributed by atoms with Crippen LogP contribution in [0.4, 0.5) is 0 Å². The second kappa shape index (κ2) is 10.3. The van der Waals surface area contributed by atoms with Crippen molar-refractivity contribution in [3.05, 3.63) is 152 Å². The summed E-state index contributed by atoms with van der Waals surface area (Å²) in [5, 5.41) is 10.9. The molecule has 0 aliphatic rings. The van der Waals surface area contributed by atoms with Gasteiger partial charge in [0.05, 0.1) is 0 Å². The number of para-hydroxylation sites is 2. The van der Waals surface area contributed by atoms with Gasteiger partial charge in [0.2, 0.25) is 0 Å². The van der Waals surface area contributed by atoms with Crippen LogP contribution < -0.4 is 0 Å². The highest BCUT2D eigenvalue weighted by Gasteiger charge is 2.22. The Morgan fingerprint density at radius 2 is 0.820 bits per heavy atom. The number of hydrogen-bond donors (Lipinski definition) is 0. The summed E-state index contributed by atoms with van der Waals surface area (Å²) in [6.07, 6.45) is 0. The number of furan rings is 2. The highest BCUT2D eigenvalue weighted by atomic mass is 16.3. The third-order valence-corrected chi connectivity index (χ3v) is 9.92. The minimum Gasteiger partial charge on any atom is -0.456 e. The highest BCUT2D eigenvalue weighted by Crippen LogP contribution is 2.43. The molecule has 3 aromatic heterocycles. The van der Waals surface area contributed by atoms with Gasteiger partial charge in [0.1, 0.15) is 22.3 Å². The maximum atomic E-state index is 6.57. The van der Waals surface area contributed by atoms with E-state index in [1.54, 1.807) is 0 Å². The Kier molecular flexibility index (Phi) is 5.60. The molecule has 232 valence electrons. The van der Waals surface area contributed by atoms with Gasteiger partial charge in [-0.3, -0.25) is 0 Å². The lowest BCUT2D eigenvalue weighted by molar-refractivity contribution is 0.669. The molecule has 0 spiro atoms. The zero-order valence-corrected chi connectivity index (χ0v) is 26.6. The fraction of sp³-hybridized carbons (Fsp3) is 0. The van der Waals surface area contributed by atoms with E-state index < -0.39 is 0 Å². The summed E-state index contributed by atoms with van der Waals surface area (Å²) in [6, 6.07) is 52.1. The van der Waals surface area contributed by atoms with Crippen molar-refractivity contribution in [2.45, 2.75) is 0 Å². The molecule has 11 rings (SSSR count). The standard InChI is InChI=1S/C45H25N3O2/c1-3-14-28-26(11-1)13-9-18-31(28)43-46-44(34-19-10-22-38-40(34)32-16-5-7-20-36(32)49-38)48-45(47-43)35-25-39-42(33-17-6-8-21-37(33)50-39)41-29-15-4-2-12-27(29)23-24-30(35)41/h1-25H. The topological polar surface area (TPSA) is 65.0 Å². The zero-order valence-electron chi connectivity index (χ0n) is 26.6. The van der Waals surface area contributed by atoms with Crippen molar-refractivity contribution in [3.63, 3.8) is 0 Å². The van der Waals surface area contributed by atoms with Gasteiger partial charge in [-0.1, -0.05) is 127 Å². The van der Waals surface area contributed by atoms with Crippen molar-refractivity contribution in [1.82, 2.24) is 15.0 Å². The van der Waals surface area contributed by atoms with Gasteiger partial charge in [0, 0.05) is 43.6 Å². The average Bonchev–Trinajstić information content (AvgIpc) is 3.75. The van der Waals surface area contributed by atoms with E-state index in [9.17, 15) is 0 Å². The van der Waals surface area contributed by atoms with Crippen molar-refractivity contribution < 1.29 is 8.83 Å². The van der Waals surface area contributed by atoms with Crippen LogP contribution in [0, 0.1) is 0 Å². The van der Waals surface area contributed by atoms with E-state index in [-0.39, 0.29) is 0 Å². The van der Waals surface area contributed by atoms with E-state index >= 15 is 0 Å². The van der Waals surface area contributed by atoms with Crippen LogP contribution in [-0.2, 0) is 0 Å². The van der Waals surface area contributed by atoms with E-state index in [0.29, 0.717) is 17.5 Å². The summed E-state index contributed by atoms with van der Waals surface area (Å²) in [5.41, 5.74) is 5.96. The first-order valence-corrected chi connectivity index (χ1v) is 16.7. The van der Waals surface area contributed by atoms with Gasteiger partial charge < -0.3 is 8.83 Å². The number of benzene rings is 8. The van der Waals surface area contributed by atoms with Gasteiger partial charge in [0.25, 0.3) is 0 Å². The largest absolute Gasteiger partial charge is 0.456 e. The van der Waals surface area contributed by atoms with Gasteiger partial charge >= 0.3 is 0 Å². The van der Waals surface area contributed by atoms with Crippen LogP contribution in [0.1, 0.15) is 0 Å². The molecule has 11 aromatic rings. The van der Waals surface area contributed by atoms with Crippen molar-refractivity contribution in [3.8, 4) is 34.2 Å². The Balaban J connectivity index is 1.28. The van der Waals surface area contributed by atoms with E-state index in [1.165, 1.54) is 0 Å². The second-order valence-electron chi connectivity index (χ2n) is 12.7. The number of rotatable bonds is 3. The smallest absolute Gasteiger partial charge is 0.164 e. The minimum absolute atomic E-state index is 0.574. The zero-order chi connectivity index (χ0) is 32.8. The third kappa shape index (κ3) is 3.92. The normalized spacial score (nSPS) is 12.0. The summed E-state index contributed by atoms with van der Waals surface area (Å²) in [4.78, 5) is 15.8. The molecule has 0 aliphatic carbocycles. The summed E-state index contributed by atoms with van der Waals surface area (Å²) in [6.45, 7) is 0. The molecule has 0 unspecified atom stereocenters. The van der Waals surface area contributed by atoms with Crippen LogP contribution in [0.3, 0.4) is 0 Å². The maximum Gasteiger partial charge on any atom is 0.164 e. The van der Waals surface area contributed by atoms with Gasteiger partial charge in [0.15, 0.2) is 17.5 Å². The molecule has 5 nitrogen and oxygen atoms in total. The molecular weight excluding hydrogens is 615 g/mol. The number of hydrogen-bond acceptors (Lipinski definition) is 5. The summed E-state index contributed by atoms with van der Waals surface area (Å²) < 4.78 is 12.9. The van der Waals surface area contributed by atoms with Crippen LogP contribution in [-0.4, -0.2) is 15.0 Å². The maximum absolute atomic E-state index is 6.57. The van der Waals surface area contributed by atoms with Gasteiger partial charge in [-0.15, -0.1) is 0 Å². The van der Waals surface area contributed by atoms with Gasteiger partial charge in [-0.2, -0.15) is 0 Å². The number of fused-ring (bicyclic) bond motifs is 11. The first kappa shape index (κ1) is 27.1. The Morgan fingerprint density at radius 3 is 1.60 bits per heavy atom. The Morgan fingerprint density at radius 1 is 0.300 bits per heavy atom. The highest BCUT2D eigenvalue weighted by molar-refractivity contribution is 6.29. The molecule has 3 heterocycles. The molecule has 0 aliphatic heterocycles. The lowest BCUT2D eigenvalue weighted by Crippen LogP contribution is -2.01. The predicted octanol–water partition coefficient (Wildman–Crippen LogP) is 12.1. The molecule has 0 amide bonds. The third-order valence-electron chi connectivity index (χ3n) is 9.92. The molecule has 0 saturated heterocycles. The van der Waals surface area contributed by atoms with Crippen molar-refractivity contribution in [2.75, 3.05) is 0 Å². The predicted molar refractivity (Wildman–Crippen MR) is 203 cm³/mol. The van der Waals surface area contributed by atoms with Crippen molar-refractivity contribution in [2.24, 2.45) is 0 Å². The van der Waals surface area contributed by atoms with Crippen LogP contribution in [0.25, 0.3) is 110 Å². The van der Waals surface area contributed by atoms with Crippen molar-refractivity contribution in [1.29, 1.82) is 0 Å². The van der Waals surface area contributed by atoms with Crippen LogP contribution >= 0.6 is 0 Å². The second-order valence-corrected chi connectivity index (χ2v) is 12.7. The summed E-state index contributed by atoms with van der Waals surface area (Å²) in [5.74, 6) is 1.75. The molecule has 8 aromatic carbocycles. The number of nitrogens with zero attached hydrogens (tertiary/aromatic N) is 3. The molecule has 0 atom stereocenters. The molecule has 50 heavy (non-hydrogen) atoms. The minimum atomic E-state index is 0.574. The first-order chi connectivity index (χ1) is 24.8. The number of aromatic nitrogens is 3. The first-order valence-electron chi connectivity index (χ1n) is 16.7. The lowest BCUT2D eigenvalue weighted by Gasteiger charge is -2.13. The molecule has 0 N–H and O–H groups in total. The quantitative estimate of drug-likeness (QED) is 0.180.